The molecule has 2 aromatic carbocycles. The van der Waals surface area contributed by atoms with Crippen molar-refractivity contribution >= 4 is 12.4 Å². The molecule has 2 rings (SSSR count). The summed E-state index contributed by atoms with van der Waals surface area (Å²) >= 11 is 0. The average molecular weight is 320 g/mol. The van der Waals surface area contributed by atoms with Gasteiger partial charge in [0.05, 0.1) is 6.61 Å². The van der Waals surface area contributed by atoms with Crippen molar-refractivity contribution in [2.75, 3.05) is 27.2 Å². The van der Waals surface area contributed by atoms with Gasteiger partial charge in [-0.05, 0) is 69.2 Å². The topological polar surface area (TPSA) is 12.5 Å². The fraction of sp³-hybridized carbons (Fsp3) is 0.368. The van der Waals surface area contributed by atoms with Crippen LogP contribution in [0.4, 0.5) is 0 Å². The first-order chi connectivity index (χ1) is 10.2. The van der Waals surface area contributed by atoms with Crippen molar-refractivity contribution in [3.8, 4) is 16.9 Å². The first kappa shape index (κ1) is 18.5. The normalized spacial score (nSPS) is 10.4. The van der Waals surface area contributed by atoms with Crippen LogP contribution >= 0.6 is 12.4 Å². The number of benzene rings is 2. The van der Waals surface area contributed by atoms with E-state index in [4.69, 9.17) is 4.74 Å². The van der Waals surface area contributed by atoms with Gasteiger partial charge in [-0.15, -0.1) is 12.4 Å². The van der Waals surface area contributed by atoms with Crippen molar-refractivity contribution in [2.24, 2.45) is 0 Å². The van der Waals surface area contributed by atoms with Crippen molar-refractivity contribution in [3.05, 3.63) is 54.1 Å². The lowest BCUT2D eigenvalue weighted by Gasteiger charge is -2.09. The fourth-order valence-corrected chi connectivity index (χ4v) is 2.37. The lowest BCUT2D eigenvalue weighted by Crippen LogP contribution is -2.13. The van der Waals surface area contributed by atoms with Crippen LogP contribution in [0.2, 0.25) is 0 Å². The van der Waals surface area contributed by atoms with Crippen LogP contribution in [0.5, 0.6) is 5.75 Å². The molecule has 0 aromatic heterocycles. The monoisotopic (exact) mass is 319 g/mol. The van der Waals surface area contributed by atoms with Crippen LogP contribution in [-0.4, -0.2) is 32.1 Å². The lowest BCUT2D eigenvalue weighted by molar-refractivity contribution is 0.340. The minimum atomic E-state index is 0. The molecule has 0 aliphatic heterocycles. The van der Waals surface area contributed by atoms with Gasteiger partial charge in [-0.2, -0.15) is 0 Å². The molecular formula is C19H26ClNO. The second-order valence-corrected chi connectivity index (χ2v) is 5.56. The van der Waals surface area contributed by atoms with Crippen molar-refractivity contribution < 1.29 is 4.74 Å². The summed E-state index contributed by atoms with van der Waals surface area (Å²) in [4.78, 5) is 2.23. The van der Waals surface area contributed by atoms with E-state index in [9.17, 15) is 0 Å². The molecule has 0 saturated carbocycles. The molecule has 0 aliphatic carbocycles. The van der Waals surface area contributed by atoms with Gasteiger partial charge < -0.3 is 9.64 Å². The molecule has 0 amide bonds. The highest BCUT2D eigenvalue weighted by molar-refractivity contribution is 5.85. The van der Waals surface area contributed by atoms with Gasteiger partial charge in [0.2, 0.25) is 0 Å². The minimum absolute atomic E-state index is 0. The Hall–Kier alpha value is -1.51. The molecule has 0 spiro atoms. The predicted molar refractivity (Wildman–Crippen MR) is 97.2 cm³/mol. The summed E-state index contributed by atoms with van der Waals surface area (Å²) < 4.78 is 5.48. The van der Waals surface area contributed by atoms with Crippen molar-refractivity contribution in [1.82, 2.24) is 4.90 Å². The maximum absolute atomic E-state index is 5.48. The van der Waals surface area contributed by atoms with Crippen LogP contribution in [-0.2, 0) is 6.42 Å². The highest BCUT2D eigenvalue weighted by Crippen LogP contribution is 2.23. The van der Waals surface area contributed by atoms with Crippen molar-refractivity contribution in [1.29, 1.82) is 0 Å². The van der Waals surface area contributed by atoms with E-state index in [0.717, 1.165) is 18.7 Å². The van der Waals surface area contributed by atoms with E-state index < -0.39 is 0 Å². The second-order valence-electron chi connectivity index (χ2n) is 5.56. The molecule has 120 valence electrons. The number of nitrogens with zero attached hydrogens (tertiary/aromatic N) is 1. The summed E-state index contributed by atoms with van der Waals surface area (Å²) in [6, 6.07) is 17.2. The molecule has 0 N–H and O–H groups in total. The molecule has 0 saturated heterocycles. The summed E-state index contributed by atoms with van der Waals surface area (Å²) in [6.45, 7) is 3.85. The number of rotatable bonds is 7. The van der Waals surface area contributed by atoms with E-state index in [-0.39, 0.29) is 12.4 Å². The molecule has 0 heterocycles. The Labute approximate surface area is 140 Å². The third-order valence-corrected chi connectivity index (χ3v) is 3.52. The predicted octanol–water partition coefficient (Wildman–Crippen LogP) is 4.67. The molecule has 0 aliphatic rings. The zero-order valence-corrected chi connectivity index (χ0v) is 14.5. The molecule has 0 bridgehead atoms. The molecule has 22 heavy (non-hydrogen) atoms. The third-order valence-electron chi connectivity index (χ3n) is 3.52. The number of hydrogen-bond donors (Lipinski definition) is 0. The Kier molecular flexibility index (Phi) is 8.00. The largest absolute Gasteiger partial charge is 0.494 e. The Bertz CT molecular complexity index is 534. The Morgan fingerprint density at radius 3 is 1.91 bits per heavy atom. The molecule has 0 fully saturated rings. The molecule has 2 aromatic rings. The summed E-state index contributed by atoms with van der Waals surface area (Å²) in [7, 11) is 4.24. The Balaban J connectivity index is 0.00000242. The van der Waals surface area contributed by atoms with Crippen LogP contribution in [0.25, 0.3) is 11.1 Å². The van der Waals surface area contributed by atoms with Gasteiger partial charge in [-0.25, -0.2) is 0 Å². The Morgan fingerprint density at radius 1 is 0.864 bits per heavy atom. The highest BCUT2D eigenvalue weighted by Gasteiger charge is 2.00. The average Bonchev–Trinajstić information content (AvgIpc) is 2.49. The fourth-order valence-electron chi connectivity index (χ4n) is 2.37. The molecule has 0 unspecified atom stereocenters. The zero-order valence-electron chi connectivity index (χ0n) is 13.7. The summed E-state index contributed by atoms with van der Waals surface area (Å²) in [5.41, 5.74) is 3.90. The van der Waals surface area contributed by atoms with Gasteiger partial charge in [0.25, 0.3) is 0 Å². The highest BCUT2D eigenvalue weighted by atomic mass is 35.5. The van der Waals surface area contributed by atoms with Crippen molar-refractivity contribution in [2.45, 2.75) is 19.8 Å². The number of ether oxygens (including phenoxy) is 1. The molecule has 2 nitrogen and oxygen atoms in total. The van der Waals surface area contributed by atoms with Crippen LogP contribution in [0.1, 0.15) is 18.9 Å². The van der Waals surface area contributed by atoms with Crippen molar-refractivity contribution in [3.63, 3.8) is 0 Å². The van der Waals surface area contributed by atoms with E-state index in [0.29, 0.717) is 6.61 Å². The smallest absolute Gasteiger partial charge is 0.119 e. The maximum atomic E-state index is 5.48. The summed E-state index contributed by atoms with van der Waals surface area (Å²) in [5, 5.41) is 0. The molecular weight excluding hydrogens is 294 g/mol. The van der Waals surface area contributed by atoms with Crippen LogP contribution in [0.15, 0.2) is 48.5 Å². The van der Waals surface area contributed by atoms with E-state index in [1.165, 1.54) is 23.1 Å². The van der Waals surface area contributed by atoms with Crippen LogP contribution in [0.3, 0.4) is 0 Å². The van der Waals surface area contributed by atoms with Gasteiger partial charge >= 0.3 is 0 Å². The Morgan fingerprint density at radius 2 is 1.41 bits per heavy atom. The van der Waals surface area contributed by atoms with Gasteiger partial charge in [0.15, 0.2) is 0 Å². The van der Waals surface area contributed by atoms with Gasteiger partial charge in [0.1, 0.15) is 5.75 Å². The van der Waals surface area contributed by atoms with Gasteiger partial charge in [-0.1, -0.05) is 36.4 Å². The molecule has 3 heteroatoms. The quantitative estimate of drug-likeness (QED) is 0.735. The third kappa shape index (κ3) is 5.70. The number of aryl methyl sites for hydroxylation is 1. The number of halogens is 1. The van der Waals surface area contributed by atoms with Crippen LogP contribution < -0.4 is 4.74 Å². The molecule has 0 atom stereocenters. The lowest BCUT2D eigenvalue weighted by atomic mass is 10.0. The first-order valence-corrected chi connectivity index (χ1v) is 7.66. The second kappa shape index (κ2) is 9.50. The van der Waals surface area contributed by atoms with E-state index in [2.05, 4.69) is 55.4 Å². The number of hydrogen-bond acceptors (Lipinski definition) is 2. The van der Waals surface area contributed by atoms with E-state index in [1.807, 2.05) is 19.1 Å². The molecule has 0 radical (unpaired) electrons. The summed E-state index contributed by atoms with van der Waals surface area (Å²) in [6.07, 6.45) is 2.34. The van der Waals surface area contributed by atoms with E-state index >= 15 is 0 Å². The maximum Gasteiger partial charge on any atom is 0.119 e. The first-order valence-electron chi connectivity index (χ1n) is 7.66. The zero-order chi connectivity index (χ0) is 15.1. The van der Waals surface area contributed by atoms with E-state index in [1.54, 1.807) is 0 Å². The van der Waals surface area contributed by atoms with Gasteiger partial charge in [0, 0.05) is 0 Å². The summed E-state index contributed by atoms with van der Waals surface area (Å²) in [5.74, 6) is 0.932. The standard InChI is InChI=1S/C19H25NO.ClH/c1-4-21-19-13-11-18(12-14-19)17-9-7-16(8-10-17)6-5-15-20(2)3;/h7-14H,4-6,15H2,1-3H3;1H. The van der Waals surface area contributed by atoms with Gasteiger partial charge in [-0.3, -0.25) is 0 Å². The minimum Gasteiger partial charge on any atom is -0.494 e. The SMILES string of the molecule is CCOc1ccc(-c2ccc(CCCN(C)C)cc2)cc1.Cl. The van der Waals surface area contributed by atoms with Crippen LogP contribution in [0, 0.1) is 0 Å².